The number of methoxy groups -OCH3 is 1. The molecule has 0 aliphatic heterocycles. The van der Waals surface area contributed by atoms with Crippen molar-refractivity contribution >= 4 is 23.4 Å². The van der Waals surface area contributed by atoms with Crippen molar-refractivity contribution in [1.29, 1.82) is 0 Å². The Hall–Kier alpha value is -1.95. The number of aromatic nitrogens is 1. The van der Waals surface area contributed by atoms with Gasteiger partial charge in [-0.05, 0) is 49.8 Å². The summed E-state index contributed by atoms with van der Waals surface area (Å²) in [5, 5.41) is 0.270. The lowest BCUT2D eigenvalue weighted by Gasteiger charge is -2.24. The summed E-state index contributed by atoms with van der Waals surface area (Å²) in [5.41, 5.74) is 4.84. The van der Waals surface area contributed by atoms with Gasteiger partial charge in [0.1, 0.15) is 5.82 Å². The average Bonchev–Trinajstić information content (AvgIpc) is 2.53. The van der Waals surface area contributed by atoms with Crippen LogP contribution in [0.1, 0.15) is 25.0 Å². The zero-order chi connectivity index (χ0) is 16.9. The highest BCUT2D eigenvalue weighted by Crippen LogP contribution is 2.25. The number of hydroxylamine groups is 1. The number of rotatable bonds is 6. The van der Waals surface area contributed by atoms with E-state index in [1.807, 2.05) is 12.1 Å². The first kappa shape index (κ1) is 17.4. The summed E-state index contributed by atoms with van der Waals surface area (Å²) in [5.74, 6) is -1.25. The van der Waals surface area contributed by atoms with E-state index in [-0.39, 0.29) is 5.02 Å². The topological polar surface area (TPSA) is 43.4 Å². The van der Waals surface area contributed by atoms with Crippen molar-refractivity contribution in [2.24, 2.45) is 0 Å². The molecule has 0 saturated heterocycles. The molecule has 1 aromatic heterocycles. The van der Waals surface area contributed by atoms with E-state index in [0.717, 1.165) is 5.56 Å². The van der Waals surface area contributed by atoms with Crippen molar-refractivity contribution in [1.82, 2.24) is 10.5 Å². The van der Waals surface area contributed by atoms with Crippen LogP contribution in [-0.4, -0.2) is 17.9 Å². The third-order valence-electron chi connectivity index (χ3n) is 3.12. The fourth-order valence-corrected chi connectivity index (χ4v) is 1.99. The maximum atomic E-state index is 13.3. The molecule has 0 spiro atoms. The quantitative estimate of drug-likeness (QED) is 0.631. The Kier molecular flexibility index (Phi) is 5.71. The molecule has 4 nitrogen and oxygen atoms in total. The zero-order valence-corrected chi connectivity index (χ0v) is 13.9. The molecule has 0 fully saturated rings. The van der Waals surface area contributed by atoms with Gasteiger partial charge in [0, 0.05) is 25.1 Å². The molecule has 0 bridgehead atoms. The number of nitrogens with one attached hydrogen (secondary N) is 1. The van der Waals surface area contributed by atoms with Crippen LogP contribution in [0.3, 0.4) is 0 Å². The first-order valence-corrected chi connectivity index (χ1v) is 7.35. The first-order valence-electron chi connectivity index (χ1n) is 6.97. The van der Waals surface area contributed by atoms with Gasteiger partial charge in [0.05, 0.1) is 10.7 Å². The van der Waals surface area contributed by atoms with E-state index >= 15 is 0 Å². The van der Waals surface area contributed by atoms with Gasteiger partial charge in [0.15, 0.2) is 5.79 Å². The van der Waals surface area contributed by atoms with Crippen molar-refractivity contribution in [3.63, 3.8) is 0 Å². The molecule has 23 heavy (non-hydrogen) atoms. The largest absolute Gasteiger partial charge is 0.352 e. The predicted molar refractivity (Wildman–Crippen MR) is 88.8 cm³/mol. The van der Waals surface area contributed by atoms with E-state index in [2.05, 4.69) is 10.5 Å². The molecule has 0 amide bonds. The first-order chi connectivity index (χ1) is 10.9. The van der Waals surface area contributed by atoms with E-state index in [0.29, 0.717) is 11.3 Å². The maximum Gasteiger partial charge on any atom is 0.187 e. The van der Waals surface area contributed by atoms with E-state index in [9.17, 15) is 4.39 Å². The number of nitrogens with zero attached hydrogens (tertiary/aromatic N) is 1. The van der Waals surface area contributed by atoms with Crippen LogP contribution in [-0.2, 0) is 9.57 Å². The molecule has 0 aliphatic carbocycles. The monoisotopic (exact) mass is 336 g/mol. The number of halogens is 2. The summed E-state index contributed by atoms with van der Waals surface area (Å²) in [4.78, 5) is 9.60. The third kappa shape index (κ3) is 5.03. The van der Waals surface area contributed by atoms with E-state index in [1.54, 1.807) is 38.4 Å². The lowest BCUT2D eigenvalue weighted by atomic mass is 10.1. The van der Waals surface area contributed by atoms with Crippen LogP contribution in [0.5, 0.6) is 0 Å². The lowest BCUT2D eigenvalue weighted by Crippen LogP contribution is -2.33. The fraction of sp³-hybridized carbons (Fsp3) is 0.235. The maximum absolute atomic E-state index is 13.3. The minimum atomic E-state index is -0.847. The molecule has 0 saturated carbocycles. The van der Waals surface area contributed by atoms with Gasteiger partial charge in [-0.3, -0.25) is 10.5 Å². The number of hydrogen-bond acceptors (Lipinski definition) is 4. The van der Waals surface area contributed by atoms with Gasteiger partial charge in [0.25, 0.3) is 0 Å². The van der Waals surface area contributed by atoms with Crippen molar-refractivity contribution < 1.29 is 14.0 Å². The highest BCUT2D eigenvalue weighted by atomic mass is 35.5. The number of hydrogen-bond donors (Lipinski definition) is 1. The van der Waals surface area contributed by atoms with Gasteiger partial charge in [0.2, 0.25) is 0 Å². The minimum absolute atomic E-state index is 0.270. The molecule has 6 heteroatoms. The van der Waals surface area contributed by atoms with Crippen molar-refractivity contribution in [3.05, 3.63) is 64.7 Å². The molecule has 122 valence electrons. The number of pyridine rings is 1. The highest BCUT2D eigenvalue weighted by Gasteiger charge is 2.19. The summed E-state index contributed by atoms with van der Waals surface area (Å²) in [6.45, 7) is 3.52. The van der Waals surface area contributed by atoms with Crippen LogP contribution < -0.4 is 5.48 Å². The Balaban J connectivity index is 2.37. The smallest absolute Gasteiger partial charge is 0.187 e. The van der Waals surface area contributed by atoms with E-state index in [1.165, 1.54) is 19.2 Å². The standard InChI is InChI=1S/C17H18ClFN2O2/c1-17(2,22-3)23-21-16(9-12-5-4-8-20-11-12)14-7-6-13(19)10-15(14)18/h4-11,21H,1-3H3. The summed E-state index contributed by atoms with van der Waals surface area (Å²) in [6.07, 6.45) is 5.18. The molecule has 1 N–H and O–H groups in total. The molecular weight excluding hydrogens is 319 g/mol. The molecule has 2 aromatic rings. The van der Waals surface area contributed by atoms with Crippen LogP contribution in [0.4, 0.5) is 4.39 Å². The normalized spacial score (nSPS) is 12.3. The van der Waals surface area contributed by atoms with Gasteiger partial charge in [-0.25, -0.2) is 9.23 Å². The summed E-state index contributed by atoms with van der Waals surface area (Å²) in [6, 6.07) is 7.86. The molecule has 0 atom stereocenters. The molecule has 2 rings (SSSR count). The Morgan fingerprint density at radius 2 is 2.13 bits per heavy atom. The van der Waals surface area contributed by atoms with Gasteiger partial charge in [-0.1, -0.05) is 17.7 Å². The fourth-order valence-electron chi connectivity index (χ4n) is 1.72. The zero-order valence-electron chi connectivity index (χ0n) is 13.1. The molecule has 1 heterocycles. The van der Waals surface area contributed by atoms with E-state index in [4.69, 9.17) is 21.2 Å². The van der Waals surface area contributed by atoms with Crippen LogP contribution in [0.15, 0.2) is 42.7 Å². The second-order valence-electron chi connectivity index (χ2n) is 5.28. The minimum Gasteiger partial charge on any atom is -0.352 e. The van der Waals surface area contributed by atoms with Gasteiger partial charge < -0.3 is 4.74 Å². The Morgan fingerprint density at radius 3 is 2.74 bits per heavy atom. The molecular formula is C17H18ClFN2O2. The van der Waals surface area contributed by atoms with Gasteiger partial charge in [-0.2, -0.15) is 0 Å². The summed E-state index contributed by atoms with van der Waals surface area (Å²) >= 11 is 6.15. The summed E-state index contributed by atoms with van der Waals surface area (Å²) < 4.78 is 18.5. The Labute approximate surface area is 139 Å². The van der Waals surface area contributed by atoms with Crippen molar-refractivity contribution in [2.75, 3.05) is 7.11 Å². The molecule has 0 aliphatic rings. The third-order valence-corrected chi connectivity index (χ3v) is 3.43. The number of benzene rings is 1. The second kappa shape index (κ2) is 7.55. The van der Waals surface area contributed by atoms with Crippen LogP contribution in [0.25, 0.3) is 11.8 Å². The van der Waals surface area contributed by atoms with E-state index < -0.39 is 11.6 Å². The van der Waals surface area contributed by atoms with Gasteiger partial charge in [-0.15, -0.1) is 0 Å². The van der Waals surface area contributed by atoms with Crippen molar-refractivity contribution in [2.45, 2.75) is 19.6 Å². The highest BCUT2D eigenvalue weighted by molar-refractivity contribution is 6.32. The SMILES string of the molecule is COC(C)(C)ONC(=Cc1cccnc1)c1ccc(F)cc1Cl. The number of ether oxygens (including phenoxy) is 1. The Morgan fingerprint density at radius 1 is 1.35 bits per heavy atom. The second-order valence-corrected chi connectivity index (χ2v) is 5.68. The predicted octanol–water partition coefficient (Wildman–Crippen LogP) is 4.28. The summed E-state index contributed by atoms with van der Waals surface area (Å²) in [7, 11) is 1.54. The van der Waals surface area contributed by atoms with Crippen LogP contribution in [0, 0.1) is 5.82 Å². The Bertz CT molecular complexity index is 690. The van der Waals surface area contributed by atoms with Crippen molar-refractivity contribution in [3.8, 4) is 0 Å². The lowest BCUT2D eigenvalue weighted by molar-refractivity contribution is -0.220. The van der Waals surface area contributed by atoms with Crippen LogP contribution in [0.2, 0.25) is 5.02 Å². The van der Waals surface area contributed by atoms with Crippen LogP contribution >= 0.6 is 11.6 Å². The molecule has 0 unspecified atom stereocenters. The average molecular weight is 337 g/mol. The molecule has 0 radical (unpaired) electrons. The van der Waals surface area contributed by atoms with Gasteiger partial charge >= 0.3 is 0 Å². The molecule has 1 aromatic carbocycles.